The zero-order valence-electron chi connectivity index (χ0n) is 9.36. The Kier molecular flexibility index (Phi) is 13.8. The van der Waals surface area contributed by atoms with E-state index in [0.717, 1.165) is 38.1 Å². The number of unbranched alkanes of at least 4 members (excludes halogenated alkanes) is 3. The van der Waals surface area contributed by atoms with Crippen molar-refractivity contribution in [2.24, 2.45) is 0 Å². The number of nitrogens with one attached hydrogen (secondary N) is 1. The third kappa shape index (κ3) is 12.4. The van der Waals surface area contributed by atoms with E-state index in [-0.39, 0.29) is 0 Å². The van der Waals surface area contributed by atoms with Crippen LogP contribution in [-0.4, -0.2) is 31.6 Å². The fourth-order valence-electron chi connectivity index (χ4n) is 1.21. The molecule has 0 saturated heterocycles. The second-order valence-corrected chi connectivity index (χ2v) is 4.26. The fraction of sp³-hybridized carbons (Fsp3) is 1.00. The van der Waals surface area contributed by atoms with Crippen molar-refractivity contribution in [2.45, 2.75) is 39.0 Å². The van der Waals surface area contributed by atoms with E-state index in [1.165, 1.54) is 25.7 Å². The molecular formula is C11H24BrNO. The molecule has 14 heavy (non-hydrogen) atoms. The van der Waals surface area contributed by atoms with Crippen molar-refractivity contribution >= 4 is 15.9 Å². The molecule has 0 aromatic heterocycles. The number of hydrogen-bond donors (Lipinski definition) is 1. The number of halogens is 1. The van der Waals surface area contributed by atoms with E-state index in [4.69, 9.17) is 4.74 Å². The molecule has 0 spiro atoms. The largest absolute Gasteiger partial charge is 0.380 e. The van der Waals surface area contributed by atoms with Gasteiger partial charge in [0.2, 0.25) is 0 Å². The van der Waals surface area contributed by atoms with Crippen LogP contribution in [0.2, 0.25) is 0 Å². The molecule has 0 rings (SSSR count). The maximum atomic E-state index is 5.36. The fourth-order valence-corrected chi connectivity index (χ4v) is 1.61. The smallest absolute Gasteiger partial charge is 0.0590 e. The van der Waals surface area contributed by atoms with Gasteiger partial charge in [0.25, 0.3) is 0 Å². The van der Waals surface area contributed by atoms with Crippen molar-refractivity contribution < 1.29 is 4.74 Å². The van der Waals surface area contributed by atoms with Crippen LogP contribution < -0.4 is 5.32 Å². The lowest BCUT2D eigenvalue weighted by atomic mass is 10.2. The first-order valence-electron chi connectivity index (χ1n) is 5.76. The van der Waals surface area contributed by atoms with Crippen molar-refractivity contribution in [1.29, 1.82) is 0 Å². The SMILES string of the molecule is CCCOCCNCCCCCCBr. The van der Waals surface area contributed by atoms with Crippen LogP contribution in [0, 0.1) is 0 Å². The maximum Gasteiger partial charge on any atom is 0.0590 e. The topological polar surface area (TPSA) is 21.3 Å². The zero-order valence-corrected chi connectivity index (χ0v) is 10.9. The van der Waals surface area contributed by atoms with Crippen LogP contribution in [0.4, 0.5) is 0 Å². The minimum Gasteiger partial charge on any atom is -0.380 e. The summed E-state index contributed by atoms with van der Waals surface area (Å²) in [7, 11) is 0. The van der Waals surface area contributed by atoms with Crippen LogP contribution in [0.15, 0.2) is 0 Å². The Morgan fingerprint density at radius 1 is 1.00 bits per heavy atom. The Labute approximate surface area is 96.9 Å². The quantitative estimate of drug-likeness (QED) is 0.458. The molecule has 0 aromatic rings. The maximum absolute atomic E-state index is 5.36. The Morgan fingerprint density at radius 3 is 2.50 bits per heavy atom. The van der Waals surface area contributed by atoms with Gasteiger partial charge in [-0.3, -0.25) is 0 Å². The second kappa shape index (κ2) is 13.4. The lowest BCUT2D eigenvalue weighted by molar-refractivity contribution is 0.136. The molecule has 2 nitrogen and oxygen atoms in total. The van der Waals surface area contributed by atoms with Gasteiger partial charge in [0.15, 0.2) is 0 Å². The molecule has 0 aliphatic heterocycles. The predicted octanol–water partition coefficient (Wildman–Crippen LogP) is 2.96. The van der Waals surface area contributed by atoms with Crippen molar-refractivity contribution in [1.82, 2.24) is 5.32 Å². The lowest BCUT2D eigenvalue weighted by Gasteiger charge is -2.04. The van der Waals surface area contributed by atoms with E-state index in [1.807, 2.05) is 0 Å². The molecule has 0 aliphatic rings. The second-order valence-electron chi connectivity index (χ2n) is 3.47. The number of alkyl halides is 1. The van der Waals surface area contributed by atoms with E-state index in [2.05, 4.69) is 28.2 Å². The summed E-state index contributed by atoms with van der Waals surface area (Å²) < 4.78 is 5.36. The first kappa shape index (κ1) is 14.4. The van der Waals surface area contributed by atoms with Crippen LogP contribution in [-0.2, 0) is 4.74 Å². The number of ether oxygens (including phenoxy) is 1. The Hall–Kier alpha value is 0.400. The summed E-state index contributed by atoms with van der Waals surface area (Å²) in [6.07, 6.45) is 6.40. The first-order chi connectivity index (χ1) is 6.91. The highest BCUT2D eigenvalue weighted by atomic mass is 79.9. The number of hydrogen-bond acceptors (Lipinski definition) is 2. The Morgan fingerprint density at radius 2 is 1.79 bits per heavy atom. The molecular weight excluding hydrogens is 242 g/mol. The molecule has 0 aliphatic carbocycles. The third-order valence-corrected chi connectivity index (χ3v) is 2.57. The van der Waals surface area contributed by atoms with Gasteiger partial charge in [-0.2, -0.15) is 0 Å². The predicted molar refractivity (Wildman–Crippen MR) is 66.2 cm³/mol. The minimum absolute atomic E-state index is 0.856. The molecule has 1 N–H and O–H groups in total. The highest BCUT2D eigenvalue weighted by Gasteiger charge is 1.90. The van der Waals surface area contributed by atoms with E-state index >= 15 is 0 Å². The molecule has 86 valence electrons. The monoisotopic (exact) mass is 265 g/mol. The number of rotatable bonds is 11. The molecule has 3 heteroatoms. The highest BCUT2D eigenvalue weighted by molar-refractivity contribution is 9.09. The summed E-state index contributed by atoms with van der Waals surface area (Å²) in [5.74, 6) is 0. The van der Waals surface area contributed by atoms with Gasteiger partial charge in [-0.05, 0) is 25.8 Å². The summed E-state index contributed by atoms with van der Waals surface area (Å²) >= 11 is 3.44. The summed E-state index contributed by atoms with van der Waals surface area (Å²) in [5, 5.41) is 4.53. The van der Waals surface area contributed by atoms with E-state index in [0.29, 0.717) is 0 Å². The van der Waals surface area contributed by atoms with Crippen LogP contribution in [0.3, 0.4) is 0 Å². The van der Waals surface area contributed by atoms with E-state index in [9.17, 15) is 0 Å². The van der Waals surface area contributed by atoms with Gasteiger partial charge in [-0.1, -0.05) is 35.7 Å². The standard InChI is InChI=1S/C11H24BrNO/c1-2-10-14-11-9-13-8-6-4-3-5-7-12/h13H,2-11H2,1H3. The van der Waals surface area contributed by atoms with Crippen LogP contribution in [0.1, 0.15) is 39.0 Å². The highest BCUT2D eigenvalue weighted by Crippen LogP contribution is 2.00. The summed E-state index contributed by atoms with van der Waals surface area (Å²) in [5.41, 5.74) is 0. The summed E-state index contributed by atoms with van der Waals surface area (Å²) in [6.45, 7) is 6.02. The molecule has 0 aromatic carbocycles. The van der Waals surface area contributed by atoms with Gasteiger partial charge >= 0.3 is 0 Å². The van der Waals surface area contributed by atoms with Crippen LogP contribution in [0.5, 0.6) is 0 Å². The van der Waals surface area contributed by atoms with Gasteiger partial charge < -0.3 is 10.1 Å². The van der Waals surface area contributed by atoms with E-state index < -0.39 is 0 Å². The molecule has 0 saturated carbocycles. The zero-order chi connectivity index (χ0) is 10.5. The Balaban J connectivity index is 2.78. The molecule has 0 fully saturated rings. The molecule has 0 atom stereocenters. The molecule has 0 heterocycles. The average Bonchev–Trinajstić information content (AvgIpc) is 2.21. The molecule has 0 radical (unpaired) electrons. The van der Waals surface area contributed by atoms with Crippen molar-refractivity contribution in [3.05, 3.63) is 0 Å². The molecule has 0 unspecified atom stereocenters. The summed E-state index contributed by atoms with van der Waals surface area (Å²) in [6, 6.07) is 0. The summed E-state index contributed by atoms with van der Waals surface area (Å²) in [4.78, 5) is 0. The van der Waals surface area contributed by atoms with Crippen molar-refractivity contribution in [3.63, 3.8) is 0 Å². The normalized spacial score (nSPS) is 10.7. The van der Waals surface area contributed by atoms with Crippen LogP contribution in [0.25, 0.3) is 0 Å². The molecule has 0 bridgehead atoms. The molecule has 0 amide bonds. The van der Waals surface area contributed by atoms with E-state index in [1.54, 1.807) is 0 Å². The van der Waals surface area contributed by atoms with Gasteiger partial charge in [0.1, 0.15) is 0 Å². The van der Waals surface area contributed by atoms with Crippen molar-refractivity contribution in [2.75, 3.05) is 31.6 Å². The Bertz CT molecular complexity index is 89.3. The minimum atomic E-state index is 0.856. The lowest BCUT2D eigenvalue weighted by Crippen LogP contribution is -2.21. The van der Waals surface area contributed by atoms with Gasteiger partial charge in [0.05, 0.1) is 6.61 Å². The van der Waals surface area contributed by atoms with Gasteiger partial charge in [-0.25, -0.2) is 0 Å². The van der Waals surface area contributed by atoms with Crippen molar-refractivity contribution in [3.8, 4) is 0 Å². The third-order valence-electron chi connectivity index (χ3n) is 2.01. The van der Waals surface area contributed by atoms with Gasteiger partial charge in [-0.15, -0.1) is 0 Å². The first-order valence-corrected chi connectivity index (χ1v) is 6.88. The average molecular weight is 266 g/mol. The van der Waals surface area contributed by atoms with Crippen LogP contribution >= 0.6 is 15.9 Å². The van der Waals surface area contributed by atoms with Gasteiger partial charge in [0, 0.05) is 18.5 Å².